The Morgan fingerprint density at radius 1 is 1.15 bits per heavy atom. The molecule has 0 spiro atoms. The SMILES string of the molecule is CCC(=O)N(CC)CC(=O)N1CCn2cccc2C1c1ccccc1Cl. The highest BCUT2D eigenvalue weighted by Crippen LogP contribution is 2.36. The smallest absolute Gasteiger partial charge is 0.243 e. The van der Waals surface area contributed by atoms with Gasteiger partial charge in [0.1, 0.15) is 0 Å². The number of fused-ring (bicyclic) bond motifs is 1. The predicted molar refractivity (Wildman–Crippen MR) is 102 cm³/mol. The van der Waals surface area contributed by atoms with Gasteiger partial charge in [0, 0.05) is 43.0 Å². The lowest BCUT2D eigenvalue weighted by Gasteiger charge is -2.38. The number of aromatic nitrogens is 1. The number of carbonyl (C=O) groups excluding carboxylic acids is 2. The van der Waals surface area contributed by atoms with Crippen LogP contribution in [0.25, 0.3) is 0 Å². The second-order valence-electron chi connectivity index (χ2n) is 6.40. The number of nitrogens with zero attached hydrogens (tertiary/aromatic N) is 3. The highest BCUT2D eigenvalue weighted by molar-refractivity contribution is 6.31. The van der Waals surface area contributed by atoms with Crippen molar-refractivity contribution < 1.29 is 9.59 Å². The fourth-order valence-electron chi connectivity index (χ4n) is 3.53. The monoisotopic (exact) mass is 373 g/mol. The maximum absolute atomic E-state index is 13.1. The molecule has 1 aliphatic heterocycles. The maximum atomic E-state index is 13.1. The van der Waals surface area contributed by atoms with Crippen molar-refractivity contribution in [3.05, 3.63) is 58.9 Å². The zero-order chi connectivity index (χ0) is 18.7. The van der Waals surface area contributed by atoms with Gasteiger partial charge in [-0.1, -0.05) is 36.7 Å². The van der Waals surface area contributed by atoms with Crippen LogP contribution in [0.15, 0.2) is 42.6 Å². The number of amides is 2. The average molecular weight is 374 g/mol. The second-order valence-corrected chi connectivity index (χ2v) is 6.81. The molecule has 1 unspecified atom stereocenters. The summed E-state index contributed by atoms with van der Waals surface area (Å²) in [6, 6.07) is 11.4. The first kappa shape index (κ1) is 18.5. The number of rotatable bonds is 5. The Kier molecular flexibility index (Phi) is 5.67. The van der Waals surface area contributed by atoms with Gasteiger partial charge in [-0.2, -0.15) is 0 Å². The molecule has 2 heterocycles. The molecule has 1 atom stereocenters. The van der Waals surface area contributed by atoms with Crippen LogP contribution in [0.3, 0.4) is 0 Å². The largest absolute Gasteiger partial charge is 0.348 e. The first-order valence-electron chi connectivity index (χ1n) is 9.03. The van der Waals surface area contributed by atoms with Crippen molar-refractivity contribution in [3.63, 3.8) is 0 Å². The Morgan fingerprint density at radius 3 is 2.62 bits per heavy atom. The van der Waals surface area contributed by atoms with E-state index in [1.165, 1.54) is 0 Å². The molecule has 5 nitrogen and oxygen atoms in total. The Bertz CT molecular complexity index is 802. The lowest BCUT2D eigenvalue weighted by molar-refractivity contribution is -0.141. The molecule has 1 aromatic heterocycles. The highest BCUT2D eigenvalue weighted by atomic mass is 35.5. The minimum atomic E-state index is -0.240. The van der Waals surface area contributed by atoms with E-state index in [0.717, 1.165) is 17.8 Å². The summed E-state index contributed by atoms with van der Waals surface area (Å²) in [6.45, 7) is 5.67. The molecular weight excluding hydrogens is 350 g/mol. The molecule has 6 heteroatoms. The quantitative estimate of drug-likeness (QED) is 0.807. The van der Waals surface area contributed by atoms with Gasteiger partial charge in [-0.3, -0.25) is 9.59 Å². The summed E-state index contributed by atoms with van der Waals surface area (Å²) in [4.78, 5) is 28.6. The van der Waals surface area contributed by atoms with Crippen molar-refractivity contribution in [1.29, 1.82) is 0 Å². The Morgan fingerprint density at radius 2 is 1.92 bits per heavy atom. The molecule has 0 fully saturated rings. The van der Waals surface area contributed by atoms with Crippen LogP contribution in [-0.4, -0.2) is 45.8 Å². The molecule has 2 aromatic rings. The molecule has 3 rings (SSSR count). The summed E-state index contributed by atoms with van der Waals surface area (Å²) < 4.78 is 2.16. The van der Waals surface area contributed by atoms with Crippen molar-refractivity contribution in [3.8, 4) is 0 Å². The van der Waals surface area contributed by atoms with E-state index in [9.17, 15) is 9.59 Å². The molecule has 138 valence electrons. The molecule has 0 saturated carbocycles. The fraction of sp³-hybridized carbons (Fsp3) is 0.400. The molecule has 2 amide bonds. The van der Waals surface area contributed by atoms with Crippen LogP contribution in [0.5, 0.6) is 0 Å². The molecule has 0 N–H and O–H groups in total. The summed E-state index contributed by atoms with van der Waals surface area (Å²) in [5.74, 6) is -0.0541. The van der Waals surface area contributed by atoms with Gasteiger partial charge in [-0.25, -0.2) is 0 Å². The number of likely N-dealkylation sites (N-methyl/N-ethyl adjacent to an activating group) is 1. The van der Waals surface area contributed by atoms with Gasteiger partial charge in [-0.15, -0.1) is 0 Å². The van der Waals surface area contributed by atoms with Crippen LogP contribution in [-0.2, 0) is 16.1 Å². The number of hydrogen-bond acceptors (Lipinski definition) is 2. The van der Waals surface area contributed by atoms with Crippen molar-refractivity contribution in [1.82, 2.24) is 14.4 Å². The molecule has 0 saturated heterocycles. The summed E-state index contributed by atoms with van der Waals surface area (Å²) in [6.07, 6.45) is 2.43. The van der Waals surface area contributed by atoms with E-state index < -0.39 is 0 Å². The minimum Gasteiger partial charge on any atom is -0.348 e. The van der Waals surface area contributed by atoms with E-state index >= 15 is 0 Å². The molecule has 26 heavy (non-hydrogen) atoms. The Hall–Kier alpha value is -2.27. The van der Waals surface area contributed by atoms with E-state index in [1.54, 1.807) is 4.90 Å². The van der Waals surface area contributed by atoms with E-state index in [4.69, 9.17) is 11.6 Å². The lowest BCUT2D eigenvalue weighted by Crippen LogP contribution is -2.47. The van der Waals surface area contributed by atoms with Crippen molar-refractivity contribution in [2.45, 2.75) is 32.9 Å². The summed E-state index contributed by atoms with van der Waals surface area (Å²) in [5.41, 5.74) is 1.95. The number of halogens is 1. The topological polar surface area (TPSA) is 45.6 Å². The van der Waals surface area contributed by atoms with Crippen LogP contribution in [0, 0.1) is 0 Å². The first-order valence-corrected chi connectivity index (χ1v) is 9.41. The summed E-state index contributed by atoms with van der Waals surface area (Å²) in [5, 5.41) is 0.641. The van der Waals surface area contributed by atoms with Gasteiger partial charge < -0.3 is 14.4 Å². The van der Waals surface area contributed by atoms with E-state index in [2.05, 4.69) is 4.57 Å². The summed E-state index contributed by atoms with van der Waals surface area (Å²) >= 11 is 6.46. The van der Waals surface area contributed by atoms with E-state index in [0.29, 0.717) is 24.5 Å². The van der Waals surface area contributed by atoms with Crippen LogP contribution in [0.1, 0.15) is 37.6 Å². The second kappa shape index (κ2) is 7.96. The molecule has 1 aliphatic rings. The molecule has 1 aromatic carbocycles. The van der Waals surface area contributed by atoms with Crippen molar-refractivity contribution in [2.75, 3.05) is 19.6 Å². The van der Waals surface area contributed by atoms with Gasteiger partial charge in [0.25, 0.3) is 0 Å². The van der Waals surface area contributed by atoms with Gasteiger partial charge >= 0.3 is 0 Å². The highest BCUT2D eigenvalue weighted by Gasteiger charge is 2.34. The third kappa shape index (κ3) is 3.49. The van der Waals surface area contributed by atoms with Gasteiger partial charge in [0.05, 0.1) is 12.6 Å². The van der Waals surface area contributed by atoms with Gasteiger partial charge in [0.2, 0.25) is 11.8 Å². The third-order valence-electron chi connectivity index (χ3n) is 4.92. The van der Waals surface area contributed by atoms with Crippen molar-refractivity contribution in [2.24, 2.45) is 0 Å². The Labute approximate surface area is 159 Å². The fourth-order valence-corrected chi connectivity index (χ4v) is 3.77. The molecular formula is C20H24ClN3O2. The normalized spacial score (nSPS) is 16.3. The average Bonchev–Trinajstić information content (AvgIpc) is 3.14. The van der Waals surface area contributed by atoms with Crippen molar-refractivity contribution >= 4 is 23.4 Å². The van der Waals surface area contributed by atoms with Gasteiger partial charge in [0.15, 0.2) is 0 Å². The zero-order valence-corrected chi connectivity index (χ0v) is 15.9. The number of benzene rings is 1. The summed E-state index contributed by atoms with van der Waals surface area (Å²) in [7, 11) is 0. The Balaban J connectivity index is 1.94. The molecule has 0 bridgehead atoms. The van der Waals surface area contributed by atoms with E-state index in [1.807, 2.05) is 61.3 Å². The van der Waals surface area contributed by atoms with Crippen LogP contribution in [0.4, 0.5) is 0 Å². The van der Waals surface area contributed by atoms with Gasteiger partial charge in [-0.05, 0) is 30.7 Å². The molecule has 0 aliphatic carbocycles. The lowest BCUT2D eigenvalue weighted by atomic mass is 9.99. The number of carbonyl (C=O) groups is 2. The first-order chi connectivity index (χ1) is 12.6. The standard InChI is InChI=1S/C20H24ClN3O2/c1-3-18(25)22(4-2)14-19(26)24-13-12-23-11-7-10-17(23)20(24)15-8-5-6-9-16(15)21/h5-11,20H,3-4,12-14H2,1-2H3. The van der Waals surface area contributed by atoms with Crippen LogP contribution < -0.4 is 0 Å². The number of hydrogen-bond donors (Lipinski definition) is 0. The zero-order valence-electron chi connectivity index (χ0n) is 15.2. The molecule has 0 radical (unpaired) electrons. The maximum Gasteiger partial charge on any atom is 0.243 e. The predicted octanol–water partition coefficient (Wildman–Crippen LogP) is 3.33. The van der Waals surface area contributed by atoms with Crippen LogP contribution >= 0.6 is 11.6 Å². The van der Waals surface area contributed by atoms with E-state index in [-0.39, 0.29) is 24.4 Å². The minimum absolute atomic E-state index is 0.00414. The van der Waals surface area contributed by atoms with Crippen LogP contribution in [0.2, 0.25) is 5.02 Å². The third-order valence-corrected chi connectivity index (χ3v) is 5.27.